The molecule has 1 atom stereocenters. The first kappa shape index (κ1) is 19.9. The number of aliphatic hydroxyl groups is 1. The average molecular weight is 413 g/mol. The van der Waals surface area contributed by atoms with Gasteiger partial charge in [0.25, 0.3) is 5.91 Å². The molecule has 2 heterocycles. The van der Waals surface area contributed by atoms with Gasteiger partial charge in [-0.2, -0.15) is 16.1 Å². The minimum absolute atomic E-state index is 0.0326. The largest absolute Gasteiger partial charge is 0.387 e. The van der Waals surface area contributed by atoms with Crippen LogP contribution in [0.1, 0.15) is 22.2 Å². The van der Waals surface area contributed by atoms with E-state index in [9.17, 15) is 22.7 Å². The molecule has 3 rings (SSSR count). The highest BCUT2D eigenvalue weighted by atomic mass is 32.2. The van der Waals surface area contributed by atoms with Crippen molar-refractivity contribution in [3.05, 3.63) is 53.6 Å². The molecule has 0 saturated carbocycles. The number of amides is 1. The fourth-order valence-electron chi connectivity index (χ4n) is 2.71. The summed E-state index contributed by atoms with van der Waals surface area (Å²) in [5.41, 5.74) is 0.416. The first-order valence-electron chi connectivity index (χ1n) is 8.36. The van der Waals surface area contributed by atoms with Gasteiger partial charge in [0.15, 0.2) is 0 Å². The van der Waals surface area contributed by atoms with Crippen LogP contribution in [0.3, 0.4) is 0 Å². The Morgan fingerprint density at radius 1 is 1.33 bits per heavy atom. The Morgan fingerprint density at radius 2 is 2.07 bits per heavy atom. The molecule has 1 aliphatic rings. The predicted molar refractivity (Wildman–Crippen MR) is 101 cm³/mol. The van der Waals surface area contributed by atoms with Crippen LogP contribution in [0.4, 0.5) is 4.39 Å². The Labute approximate surface area is 161 Å². The van der Waals surface area contributed by atoms with E-state index in [4.69, 9.17) is 0 Å². The number of carbonyl (C=O) groups is 1. The fourth-order valence-corrected chi connectivity index (χ4v) is 5.28. The van der Waals surface area contributed by atoms with E-state index in [0.29, 0.717) is 18.7 Å². The van der Waals surface area contributed by atoms with Crippen LogP contribution in [0.25, 0.3) is 0 Å². The Balaban J connectivity index is 1.63. The van der Waals surface area contributed by atoms with Crippen molar-refractivity contribution in [3.63, 3.8) is 0 Å². The zero-order chi connectivity index (χ0) is 19.4. The zero-order valence-corrected chi connectivity index (χ0v) is 16.0. The van der Waals surface area contributed by atoms with Crippen molar-refractivity contribution in [1.82, 2.24) is 14.6 Å². The number of sulfonamides is 1. The summed E-state index contributed by atoms with van der Waals surface area (Å²) in [6, 6.07) is 6.75. The molecule has 0 bridgehead atoms. The number of thioether (sulfide) groups is 1. The van der Waals surface area contributed by atoms with Crippen molar-refractivity contribution in [3.8, 4) is 0 Å². The normalized spacial score (nSPS) is 16.8. The quantitative estimate of drug-likeness (QED) is 0.664. The zero-order valence-electron chi connectivity index (χ0n) is 14.4. The molecule has 3 N–H and O–H groups in total. The monoisotopic (exact) mass is 413 g/mol. The molecule has 1 amide bonds. The maximum Gasteiger partial charge on any atom is 0.267 e. The van der Waals surface area contributed by atoms with Crippen LogP contribution in [0.15, 0.2) is 41.4 Å². The predicted octanol–water partition coefficient (Wildman–Crippen LogP) is 1.35. The summed E-state index contributed by atoms with van der Waals surface area (Å²) in [4.78, 5) is 14.9. The molecule has 7 nitrogen and oxygen atoms in total. The summed E-state index contributed by atoms with van der Waals surface area (Å²) in [7, 11) is -3.64. The number of H-pyrrole nitrogens is 1. The van der Waals surface area contributed by atoms with E-state index >= 15 is 0 Å². The number of carbonyl (C=O) groups excluding carboxylic acids is 1. The van der Waals surface area contributed by atoms with E-state index in [1.165, 1.54) is 34.8 Å². The van der Waals surface area contributed by atoms with Crippen molar-refractivity contribution < 1.29 is 22.7 Å². The molecule has 0 radical (unpaired) electrons. The van der Waals surface area contributed by atoms with E-state index in [-0.39, 0.29) is 17.1 Å². The lowest BCUT2D eigenvalue weighted by Crippen LogP contribution is -2.37. The standard InChI is InChI=1S/C17H20FN3O4S2/c18-13-3-1-2-12(8-13)16(22)11-20-17(23)15-9-14(10-19-15)27(24,25)21-4-6-26-7-5-21/h1-3,8-10,16,19,22H,4-7,11H2,(H,20,23). The van der Waals surface area contributed by atoms with Crippen LogP contribution in [0.2, 0.25) is 0 Å². The minimum Gasteiger partial charge on any atom is -0.387 e. The molecular weight excluding hydrogens is 393 g/mol. The number of benzene rings is 1. The Bertz CT molecular complexity index is 910. The first-order valence-corrected chi connectivity index (χ1v) is 11.0. The number of hydrogen-bond acceptors (Lipinski definition) is 5. The highest BCUT2D eigenvalue weighted by molar-refractivity contribution is 7.99. The highest BCUT2D eigenvalue weighted by Gasteiger charge is 2.27. The molecule has 2 aromatic rings. The molecule has 27 heavy (non-hydrogen) atoms. The van der Waals surface area contributed by atoms with Crippen LogP contribution >= 0.6 is 11.8 Å². The molecule has 1 aromatic heterocycles. The van der Waals surface area contributed by atoms with Gasteiger partial charge < -0.3 is 15.4 Å². The van der Waals surface area contributed by atoms with E-state index < -0.39 is 27.9 Å². The third kappa shape index (κ3) is 4.70. The number of nitrogens with zero attached hydrogens (tertiary/aromatic N) is 1. The number of rotatable bonds is 6. The van der Waals surface area contributed by atoms with Gasteiger partial charge >= 0.3 is 0 Å². The molecule has 0 aliphatic carbocycles. The number of hydrogen-bond donors (Lipinski definition) is 3. The first-order chi connectivity index (χ1) is 12.9. The topological polar surface area (TPSA) is 102 Å². The van der Waals surface area contributed by atoms with Crippen LogP contribution < -0.4 is 5.32 Å². The third-order valence-corrected chi connectivity index (χ3v) is 7.02. The molecule has 1 unspecified atom stereocenters. The van der Waals surface area contributed by atoms with Gasteiger partial charge in [-0.05, 0) is 23.8 Å². The van der Waals surface area contributed by atoms with Gasteiger partial charge in [0.05, 0.1) is 6.10 Å². The van der Waals surface area contributed by atoms with Gasteiger partial charge in [-0.1, -0.05) is 12.1 Å². The van der Waals surface area contributed by atoms with Crippen LogP contribution in [0, 0.1) is 5.82 Å². The van der Waals surface area contributed by atoms with E-state index in [0.717, 1.165) is 11.5 Å². The molecule has 10 heteroatoms. The number of aliphatic hydroxyl groups excluding tert-OH is 1. The number of nitrogens with one attached hydrogen (secondary N) is 2. The second kappa shape index (κ2) is 8.42. The van der Waals surface area contributed by atoms with Gasteiger partial charge in [0, 0.05) is 37.3 Å². The second-order valence-electron chi connectivity index (χ2n) is 6.05. The van der Waals surface area contributed by atoms with Crippen molar-refractivity contribution in [2.75, 3.05) is 31.1 Å². The van der Waals surface area contributed by atoms with Crippen molar-refractivity contribution in [2.45, 2.75) is 11.0 Å². The average Bonchev–Trinajstić information content (AvgIpc) is 3.18. The van der Waals surface area contributed by atoms with Crippen molar-refractivity contribution in [2.24, 2.45) is 0 Å². The molecular formula is C17H20FN3O4S2. The smallest absolute Gasteiger partial charge is 0.267 e. The van der Waals surface area contributed by atoms with Crippen LogP contribution in [-0.2, 0) is 10.0 Å². The van der Waals surface area contributed by atoms with Crippen molar-refractivity contribution >= 4 is 27.7 Å². The maximum absolute atomic E-state index is 13.2. The second-order valence-corrected chi connectivity index (χ2v) is 9.21. The third-order valence-electron chi connectivity index (χ3n) is 4.20. The lowest BCUT2D eigenvalue weighted by Gasteiger charge is -2.24. The molecule has 0 spiro atoms. The molecule has 146 valence electrons. The van der Waals surface area contributed by atoms with Gasteiger partial charge in [-0.25, -0.2) is 12.8 Å². The molecule has 1 aliphatic heterocycles. The summed E-state index contributed by atoms with van der Waals surface area (Å²) in [5.74, 6) is 0.457. The number of aromatic nitrogens is 1. The number of halogens is 1. The van der Waals surface area contributed by atoms with Crippen molar-refractivity contribution in [1.29, 1.82) is 0 Å². The Hall–Kier alpha value is -1.88. The van der Waals surface area contributed by atoms with E-state index in [1.807, 2.05) is 0 Å². The van der Waals surface area contributed by atoms with E-state index in [1.54, 1.807) is 17.8 Å². The molecule has 1 saturated heterocycles. The highest BCUT2D eigenvalue weighted by Crippen LogP contribution is 2.21. The number of aromatic amines is 1. The SMILES string of the molecule is O=C(NCC(O)c1cccc(F)c1)c1cc(S(=O)(=O)N2CCSCC2)c[nH]1. The van der Waals surface area contributed by atoms with Gasteiger partial charge in [-0.3, -0.25) is 4.79 Å². The van der Waals surface area contributed by atoms with Crippen LogP contribution in [0.5, 0.6) is 0 Å². The summed E-state index contributed by atoms with van der Waals surface area (Å²) < 4.78 is 39.8. The van der Waals surface area contributed by atoms with Gasteiger partial charge in [0.1, 0.15) is 16.4 Å². The summed E-state index contributed by atoms with van der Waals surface area (Å²) in [6.07, 6.45) is 0.211. The van der Waals surface area contributed by atoms with Gasteiger partial charge in [-0.15, -0.1) is 0 Å². The molecule has 1 fully saturated rings. The summed E-state index contributed by atoms with van der Waals surface area (Å²) >= 11 is 1.70. The lowest BCUT2D eigenvalue weighted by atomic mass is 10.1. The minimum atomic E-state index is -3.64. The molecule has 1 aromatic carbocycles. The summed E-state index contributed by atoms with van der Waals surface area (Å²) in [6.45, 7) is 0.756. The Morgan fingerprint density at radius 3 is 2.78 bits per heavy atom. The maximum atomic E-state index is 13.2. The lowest BCUT2D eigenvalue weighted by molar-refractivity contribution is 0.0912. The van der Waals surface area contributed by atoms with E-state index in [2.05, 4.69) is 10.3 Å². The summed E-state index contributed by atoms with van der Waals surface area (Å²) in [5, 5.41) is 12.6. The van der Waals surface area contributed by atoms with Gasteiger partial charge in [0.2, 0.25) is 10.0 Å². The van der Waals surface area contributed by atoms with Crippen LogP contribution in [-0.4, -0.2) is 59.9 Å². The fraction of sp³-hybridized carbons (Fsp3) is 0.353. The Kier molecular flexibility index (Phi) is 6.20.